The van der Waals surface area contributed by atoms with Crippen LogP contribution in [-0.2, 0) is 18.6 Å². The number of nitrogens with one attached hydrogen (secondary N) is 2. The summed E-state index contributed by atoms with van der Waals surface area (Å²) in [5, 5.41) is 7.32. The van der Waals surface area contributed by atoms with Gasteiger partial charge in [0.15, 0.2) is 11.5 Å². The highest BCUT2D eigenvalue weighted by molar-refractivity contribution is 5.79. The molecule has 174 valence electrons. The average Bonchev–Trinajstić information content (AvgIpc) is 3.62. The van der Waals surface area contributed by atoms with Gasteiger partial charge in [-0.05, 0) is 87.2 Å². The number of hydrogen-bond donors (Lipinski definition) is 2. The Morgan fingerprint density at radius 1 is 1.09 bits per heavy atom. The van der Waals surface area contributed by atoms with E-state index in [1.807, 2.05) is 12.1 Å². The van der Waals surface area contributed by atoms with Crippen LogP contribution in [-0.4, -0.2) is 25.9 Å². The predicted molar refractivity (Wildman–Crippen MR) is 131 cm³/mol. The summed E-state index contributed by atoms with van der Waals surface area (Å²) in [7, 11) is 0. The van der Waals surface area contributed by atoms with Crippen LogP contribution in [0.2, 0.25) is 0 Å². The number of nitrogens with zero attached hydrogens (tertiary/aromatic N) is 4. The minimum Gasteiger partial charge on any atom is -0.340 e. The summed E-state index contributed by atoms with van der Waals surface area (Å²) in [4.78, 5) is 22.7. The molecule has 0 saturated heterocycles. The fraction of sp³-hybridized carbons (Fsp3) is 0.346. The zero-order valence-corrected chi connectivity index (χ0v) is 19.3. The first-order valence-electron chi connectivity index (χ1n) is 11.8. The van der Waals surface area contributed by atoms with Crippen LogP contribution < -0.4 is 16.2 Å². The lowest BCUT2D eigenvalue weighted by atomic mass is 10.0. The fourth-order valence-electron chi connectivity index (χ4n) is 4.60. The van der Waals surface area contributed by atoms with Gasteiger partial charge in [-0.25, -0.2) is 23.7 Å². The first-order chi connectivity index (χ1) is 16.4. The van der Waals surface area contributed by atoms with E-state index >= 15 is 0 Å². The molecule has 6 rings (SSSR count). The van der Waals surface area contributed by atoms with E-state index < -0.39 is 5.67 Å². The Morgan fingerprint density at radius 2 is 1.94 bits per heavy atom. The molecule has 0 amide bonds. The molecule has 2 aliphatic rings. The third-order valence-electron chi connectivity index (χ3n) is 6.55. The van der Waals surface area contributed by atoms with Crippen LogP contribution in [0.15, 0.2) is 53.3 Å². The zero-order valence-electron chi connectivity index (χ0n) is 19.3. The van der Waals surface area contributed by atoms with Crippen molar-refractivity contribution in [2.75, 3.05) is 11.9 Å². The minimum atomic E-state index is -1.59. The SMILES string of the molecule is CC(C)(F)c1cccc(-n2c3nc(Nc4ccc5c(c4)CCNC5)ccc3c(=O)n2C2CC2)n1. The molecule has 8 heteroatoms. The van der Waals surface area contributed by atoms with Crippen LogP contribution in [0.5, 0.6) is 0 Å². The average molecular weight is 459 g/mol. The molecule has 0 spiro atoms. The normalized spacial score (nSPS) is 16.0. The molecule has 0 atom stereocenters. The van der Waals surface area contributed by atoms with Crippen LogP contribution in [0, 0.1) is 0 Å². The van der Waals surface area contributed by atoms with Gasteiger partial charge >= 0.3 is 0 Å². The van der Waals surface area contributed by atoms with Crippen LogP contribution >= 0.6 is 0 Å². The number of anilines is 2. The van der Waals surface area contributed by atoms with Gasteiger partial charge in [0.05, 0.1) is 17.1 Å². The molecule has 3 aromatic heterocycles. The summed E-state index contributed by atoms with van der Waals surface area (Å²) >= 11 is 0. The number of alkyl halides is 1. The molecular formula is C26H27FN6O. The molecule has 1 aliphatic heterocycles. The second kappa shape index (κ2) is 7.77. The molecule has 4 heterocycles. The highest BCUT2D eigenvalue weighted by atomic mass is 19.1. The topological polar surface area (TPSA) is 76.8 Å². The van der Waals surface area contributed by atoms with Gasteiger partial charge in [-0.15, -0.1) is 0 Å². The lowest BCUT2D eigenvalue weighted by Crippen LogP contribution is -2.23. The van der Waals surface area contributed by atoms with Crippen molar-refractivity contribution in [2.45, 2.75) is 51.4 Å². The Morgan fingerprint density at radius 3 is 2.74 bits per heavy atom. The molecule has 1 aliphatic carbocycles. The summed E-state index contributed by atoms with van der Waals surface area (Å²) in [6.07, 6.45) is 2.85. The summed E-state index contributed by atoms with van der Waals surface area (Å²) in [6, 6.07) is 15.3. The van der Waals surface area contributed by atoms with Crippen molar-refractivity contribution in [1.29, 1.82) is 0 Å². The highest BCUT2D eigenvalue weighted by Gasteiger charge is 2.31. The maximum Gasteiger partial charge on any atom is 0.276 e. The van der Waals surface area contributed by atoms with Gasteiger partial charge in [-0.2, -0.15) is 0 Å². The molecule has 34 heavy (non-hydrogen) atoms. The van der Waals surface area contributed by atoms with Crippen molar-refractivity contribution >= 4 is 22.5 Å². The fourth-order valence-corrected chi connectivity index (χ4v) is 4.60. The van der Waals surface area contributed by atoms with E-state index in [1.165, 1.54) is 25.0 Å². The van der Waals surface area contributed by atoms with Gasteiger partial charge in [0.1, 0.15) is 11.5 Å². The van der Waals surface area contributed by atoms with E-state index in [-0.39, 0.29) is 11.6 Å². The molecule has 1 fully saturated rings. The number of fused-ring (bicyclic) bond motifs is 2. The van der Waals surface area contributed by atoms with Crippen molar-refractivity contribution in [3.8, 4) is 5.82 Å². The molecule has 0 radical (unpaired) electrons. The van der Waals surface area contributed by atoms with Crippen molar-refractivity contribution in [1.82, 2.24) is 24.6 Å². The van der Waals surface area contributed by atoms with Crippen LogP contribution in [0.4, 0.5) is 15.9 Å². The van der Waals surface area contributed by atoms with Gasteiger partial charge in [0.25, 0.3) is 5.56 Å². The molecule has 1 saturated carbocycles. The van der Waals surface area contributed by atoms with Gasteiger partial charge in [-0.1, -0.05) is 12.1 Å². The van der Waals surface area contributed by atoms with E-state index in [2.05, 4.69) is 33.8 Å². The number of benzene rings is 1. The highest BCUT2D eigenvalue weighted by Crippen LogP contribution is 2.36. The minimum absolute atomic E-state index is 0.0930. The third kappa shape index (κ3) is 3.68. The number of aromatic nitrogens is 4. The predicted octanol–water partition coefficient (Wildman–Crippen LogP) is 4.51. The number of rotatable bonds is 5. The smallest absolute Gasteiger partial charge is 0.276 e. The summed E-state index contributed by atoms with van der Waals surface area (Å²) in [5.41, 5.74) is 2.76. The largest absolute Gasteiger partial charge is 0.340 e. The third-order valence-corrected chi connectivity index (χ3v) is 6.55. The zero-order chi connectivity index (χ0) is 23.4. The Labute approximate surface area is 196 Å². The lowest BCUT2D eigenvalue weighted by Gasteiger charge is -2.18. The van der Waals surface area contributed by atoms with Crippen molar-refractivity contribution in [3.05, 3.63) is 75.7 Å². The standard InChI is InChI=1S/C26H27FN6O/c1-26(2,27)21-4-3-5-23(30-21)33-24-20(25(34)32(33)19-8-9-19)10-11-22(31-24)29-18-7-6-17-15-28-13-12-16(17)14-18/h3-7,10-11,14,19,28H,8-9,12-13,15H2,1-2H3,(H,29,31). The molecule has 0 bridgehead atoms. The maximum absolute atomic E-state index is 14.7. The summed E-state index contributed by atoms with van der Waals surface area (Å²) < 4.78 is 18.1. The Bertz CT molecular complexity index is 1460. The molecule has 0 unspecified atom stereocenters. The van der Waals surface area contributed by atoms with Gasteiger partial charge < -0.3 is 10.6 Å². The van der Waals surface area contributed by atoms with E-state index in [0.717, 1.165) is 38.0 Å². The number of hydrogen-bond acceptors (Lipinski definition) is 5. The Kier molecular flexibility index (Phi) is 4.81. The van der Waals surface area contributed by atoms with E-state index in [9.17, 15) is 9.18 Å². The number of halogens is 1. The van der Waals surface area contributed by atoms with Crippen LogP contribution in [0.1, 0.15) is 49.6 Å². The Balaban J connectivity index is 1.46. The van der Waals surface area contributed by atoms with Gasteiger partial charge in [0, 0.05) is 12.2 Å². The summed E-state index contributed by atoms with van der Waals surface area (Å²) in [6.45, 7) is 4.83. The van der Waals surface area contributed by atoms with Gasteiger partial charge in [-0.3, -0.25) is 4.79 Å². The maximum atomic E-state index is 14.7. The quantitative estimate of drug-likeness (QED) is 0.460. The first-order valence-corrected chi connectivity index (χ1v) is 11.8. The second-order valence-electron chi connectivity index (χ2n) is 9.65. The Hall–Kier alpha value is -3.52. The second-order valence-corrected chi connectivity index (χ2v) is 9.65. The van der Waals surface area contributed by atoms with Crippen molar-refractivity contribution in [2.24, 2.45) is 0 Å². The first kappa shape index (κ1) is 21.0. The molecule has 4 aromatic rings. The van der Waals surface area contributed by atoms with Crippen LogP contribution in [0.25, 0.3) is 16.9 Å². The van der Waals surface area contributed by atoms with Gasteiger partial charge in [0.2, 0.25) is 0 Å². The molecule has 7 nitrogen and oxygen atoms in total. The lowest BCUT2D eigenvalue weighted by molar-refractivity contribution is 0.214. The number of pyridine rings is 2. The summed E-state index contributed by atoms with van der Waals surface area (Å²) in [5.74, 6) is 1.14. The van der Waals surface area contributed by atoms with E-state index in [1.54, 1.807) is 27.6 Å². The molecule has 1 aromatic carbocycles. The van der Waals surface area contributed by atoms with Crippen LogP contribution in [0.3, 0.4) is 0 Å². The van der Waals surface area contributed by atoms with Crippen molar-refractivity contribution < 1.29 is 4.39 Å². The van der Waals surface area contributed by atoms with E-state index in [0.29, 0.717) is 28.4 Å². The monoisotopic (exact) mass is 458 g/mol. The van der Waals surface area contributed by atoms with Crippen molar-refractivity contribution in [3.63, 3.8) is 0 Å². The molecular weight excluding hydrogens is 431 g/mol. The van der Waals surface area contributed by atoms with E-state index in [4.69, 9.17) is 4.98 Å². The molecule has 2 N–H and O–H groups in total.